The summed E-state index contributed by atoms with van der Waals surface area (Å²) in [5.41, 5.74) is 1.66. The zero-order valence-electron chi connectivity index (χ0n) is 12.5. The topological polar surface area (TPSA) is 65.1 Å². The maximum Gasteiger partial charge on any atom is 0.227 e. The number of Topliss-reactive ketones (excluding diaryl/α,β-unsaturated/α-hetero) is 1. The number of amides is 1. The molecule has 0 aliphatic carbocycles. The van der Waals surface area contributed by atoms with Gasteiger partial charge >= 0.3 is 0 Å². The van der Waals surface area contributed by atoms with Gasteiger partial charge in [-0.25, -0.2) is 0 Å². The Morgan fingerprint density at radius 2 is 2.23 bits per heavy atom. The minimum atomic E-state index is 0.0586. The maximum atomic E-state index is 12.2. The average Bonchev–Trinajstić information content (AvgIpc) is 2.87. The highest BCUT2D eigenvalue weighted by Gasteiger charge is 2.31. The highest BCUT2D eigenvalue weighted by atomic mass is 16.7. The first-order valence-electron chi connectivity index (χ1n) is 7.32. The predicted octanol–water partition coefficient (Wildman–Crippen LogP) is 1.16. The smallest absolute Gasteiger partial charge is 0.227 e. The third kappa shape index (κ3) is 3.13. The highest BCUT2D eigenvalue weighted by molar-refractivity contribution is 5.96. The summed E-state index contributed by atoms with van der Waals surface area (Å²) in [6.07, 6.45) is 0.835. The lowest BCUT2D eigenvalue weighted by molar-refractivity contribution is -0.121. The lowest BCUT2D eigenvalue weighted by atomic mass is 10.0. The van der Waals surface area contributed by atoms with Gasteiger partial charge < -0.3 is 19.1 Å². The SMILES string of the molecule is COCOC[C@H]1CC(=O)N(c2ccc3c(c2)CC(=O)CO3)C1. The number of hydrogen-bond acceptors (Lipinski definition) is 5. The summed E-state index contributed by atoms with van der Waals surface area (Å²) in [5, 5.41) is 0. The minimum Gasteiger partial charge on any atom is -0.486 e. The molecule has 2 aliphatic rings. The normalized spacial score (nSPS) is 21.0. The first-order valence-corrected chi connectivity index (χ1v) is 7.32. The van der Waals surface area contributed by atoms with Gasteiger partial charge in [0.2, 0.25) is 5.91 Å². The number of anilines is 1. The van der Waals surface area contributed by atoms with Crippen LogP contribution in [0, 0.1) is 5.92 Å². The molecule has 2 heterocycles. The molecule has 1 aromatic carbocycles. The van der Waals surface area contributed by atoms with Gasteiger partial charge in [-0.3, -0.25) is 9.59 Å². The monoisotopic (exact) mass is 305 g/mol. The third-order valence-corrected chi connectivity index (χ3v) is 3.89. The second kappa shape index (κ2) is 6.46. The second-order valence-electron chi connectivity index (χ2n) is 5.65. The molecule has 0 aromatic heterocycles. The van der Waals surface area contributed by atoms with Crippen LogP contribution < -0.4 is 9.64 Å². The van der Waals surface area contributed by atoms with E-state index in [-0.39, 0.29) is 31.0 Å². The van der Waals surface area contributed by atoms with Crippen molar-refractivity contribution in [3.05, 3.63) is 23.8 Å². The maximum absolute atomic E-state index is 12.2. The van der Waals surface area contributed by atoms with Crippen LogP contribution in [0.5, 0.6) is 5.75 Å². The molecular weight excluding hydrogens is 286 g/mol. The second-order valence-corrected chi connectivity index (χ2v) is 5.65. The van der Waals surface area contributed by atoms with Crippen LogP contribution >= 0.6 is 0 Å². The van der Waals surface area contributed by atoms with Gasteiger partial charge in [0, 0.05) is 43.7 Å². The Morgan fingerprint density at radius 3 is 3.05 bits per heavy atom. The van der Waals surface area contributed by atoms with Crippen molar-refractivity contribution < 1.29 is 23.8 Å². The van der Waals surface area contributed by atoms with Gasteiger partial charge in [-0.05, 0) is 18.2 Å². The van der Waals surface area contributed by atoms with E-state index in [1.54, 1.807) is 12.0 Å². The van der Waals surface area contributed by atoms with Crippen LogP contribution in [0.2, 0.25) is 0 Å². The van der Waals surface area contributed by atoms with E-state index in [0.29, 0.717) is 26.0 Å². The molecule has 3 rings (SSSR count). The molecule has 6 heteroatoms. The zero-order chi connectivity index (χ0) is 15.5. The van der Waals surface area contributed by atoms with Crippen molar-refractivity contribution in [2.45, 2.75) is 12.8 Å². The zero-order valence-corrected chi connectivity index (χ0v) is 12.5. The van der Waals surface area contributed by atoms with Crippen LogP contribution in [0.25, 0.3) is 0 Å². The van der Waals surface area contributed by atoms with E-state index in [1.165, 1.54) is 0 Å². The molecule has 22 heavy (non-hydrogen) atoms. The van der Waals surface area contributed by atoms with Crippen LogP contribution in [0.4, 0.5) is 5.69 Å². The molecule has 1 amide bonds. The first-order chi connectivity index (χ1) is 10.7. The van der Waals surface area contributed by atoms with Crippen molar-refractivity contribution in [3.8, 4) is 5.75 Å². The standard InChI is InChI=1S/C16H19NO5/c1-20-10-21-8-11-4-16(19)17(7-11)13-2-3-15-12(5-13)6-14(18)9-22-15/h2-3,5,11H,4,6-10H2,1H3/t11-/m0/s1. The number of carbonyl (C=O) groups excluding carboxylic acids is 2. The first kappa shape index (κ1) is 15.0. The Balaban J connectivity index is 1.70. The minimum absolute atomic E-state index is 0.0586. The molecule has 0 bridgehead atoms. The van der Waals surface area contributed by atoms with Crippen molar-refractivity contribution in [1.82, 2.24) is 0 Å². The lowest BCUT2D eigenvalue weighted by Gasteiger charge is -2.21. The van der Waals surface area contributed by atoms with E-state index in [4.69, 9.17) is 14.2 Å². The summed E-state index contributed by atoms with van der Waals surface area (Å²) in [4.78, 5) is 25.4. The lowest BCUT2D eigenvalue weighted by Crippen LogP contribution is -2.26. The molecule has 0 spiro atoms. The van der Waals surface area contributed by atoms with Gasteiger partial charge in [0.1, 0.15) is 19.1 Å². The number of ether oxygens (including phenoxy) is 3. The van der Waals surface area contributed by atoms with Crippen LogP contribution in [0.3, 0.4) is 0 Å². The Kier molecular flexibility index (Phi) is 4.40. The number of benzene rings is 1. The fourth-order valence-electron chi connectivity index (χ4n) is 2.88. The van der Waals surface area contributed by atoms with Crippen molar-refractivity contribution in [2.75, 3.05) is 38.6 Å². The molecule has 0 unspecified atom stereocenters. The van der Waals surface area contributed by atoms with Gasteiger partial charge in [-0.15, -0.1) is 0 Å². The summed E-state index contributed by atoms with van der Waals surface area (Å²) >= 11 is 0. The molecule has 1 saturated heterocycles. The number of nitrogens with zero attached hydrogens (tertiary/aromatic N) is 1. The largest absolute Gasteiger partial charge is 0.486 e. The number of fused-ring (bicyclic) bond motifs is 1. The molecule has 1 fully saturated rings. The predicted molar refractivity (Wildman–Crippen MR) is 78.9 cm³/mol. The fraction of sp³-hybridized carbons (Fsp3) is 0.500. The molecule has 0 N–H and O–H groups in total. The van der Waals surface area contributed by atoms with Crippen molar-refractivity contribution in [3.63, 3.8) is 0 Å². The molecule has 6 nitrogen and oxygen atoms in total. The fourth-order valence-corrected chi connectivity index (χ4v) is 2.88. The third-order valence-electron chi connectivity index (χ3n) is 3.89. The number of hydrogen-bond donors (Lipinski definition) is 0. The molecule has 1 atom stereocenters. The van der Waals surface area contributed by atoms with E-state index in [1.807, 2.05) is 18.2 Å². The van der Waals surface area contributed by atoms with Gasteiger partial charge in [-0.1, -0.05) is 0 Å². The summed E-state index contributed by atoms with van der Waals surface area (Å²) in [6, 6.07) is 5.58. The summed E-state index contributed by atoms with van der Waals surface area (Å²) in [6.45, 7) is 1.50. The molecule has 118 valence electrons. The molecule has 1 aromatic rings. The van der Waals surface area contributed by atoms with Crippen molar-refractivity contribution in [1.29, 1.82) is 0 Å². The van der Waals surface area contributed by atoms with Gasteiger partial charge in [-0.2, -0.15) is 0 Å². The Morgan fingerprint density at radius 1 is 1.36 bits per heavy atom. The van der Waals surface area contributed by atoms with Crippen LogP contribution in [0.1, 0.15) is 12.0 Å². The molecule has 0 radical (unpaired) electrons. The average molecular weight is 305 g/mol. The van der Waals surface area contributed by atoms with Crippen LogP contribution in [0.15, 0.2) is 18.2 Å². The van der Waals surface area contributed by atoms with Gasteiger partial charge in [0.05, 0.1) is 6.61 Å². The molecule has 2 aliphatic heterocycles. The van der Waals surface area contributed by atoms with Crippen LogP contribution in [-0.4, -0.2) is 45.4 Å². The number of carbonyl (C=O) groups is 2. The summed E-state index contributed by atoms with van der Waals surface area (Å²) in [7, 11) is 1.57. The van der Waals surface area contributed by atoms with E-state index in [0.717, 1.165) is 17.0 Å². The molecule has 0 saturated carbocycles. The van der Waals surface area contributed by atoms with E-state index < -0.39 is 0 Å². The quantitative estimate of drug-likeness (QED) is 0.603. The Bertz CT molecular complexity index is 586. The van der Waals surface area contributed by atoms with E-state index in [2.05, 4.69) is 0 Å². The Hall–Kier alpha value is -1.92. The van der Waals surface area contributed by atoms with E-state index in [9.17, 15) is 9.59 Å². The number of rotatable bonds is 5. The van der Waals surface area contributed by atoms with Crippen LogP contribution in [-0.2, 0) is 25.5 Å². The van der Waals surface area contributed by atoms with Crippen molar-refractivity contribution >= 4 is 17.4 Å². The van der Waals surface area contributed by atoms with Gasteiger partial charge in [0.15, 0.2) is 5.78 Å². The number of ketones is 1. The Labute approximate surface area is 128 Å². The van der Waals surface area contributed by atoms with Crippen molar-refractivity contribution in [2.24, 2.45) is 5.92 Å². The van der Waals surface area contributed by atoms with Gasteiger partial charge in [0.25, 0.3) is 0 Å². The highest BCUT2D eigenvalue weighted by Crippen LogP contribution is 2.31. The number of methoxy groups -OCH3 is 1. The summed E-state index contributed by atoms with van der Waals surface area (Å²) in [5.74, 6) is 1.03. The summed E-state index contributed by atoms with van der Waals surface area (Å²) < 4.78 is 15.6. The molecular formula is C16H19NO5. The van der Waals surface area contributed by atoms with E-state index >= 15 is 0 Å².